The zero-order chi connectivity index (χ0) is 11.4. The molecule has 5 heteroatoms. The molecule has 1 atom stereocenters. The summed E-state index contributed by atoms with van der Waals surface area (Å²) in [4.78, 5) is 7.60. The summed E-state index contributed by atoms with van der Waals surface area (Å²) in [6.07, 6.45) is 1.03. The molecule has 0 radical (unpaired) electrons. The number of hydrogen-bond acceptors (Lipinski definition) is 3. The highest BCUT2D eigenvalue weighted by atomic mass is 79.9. The summed E-state index contributed by atoms with van der Waals surface area (Å²) in [5.41, 5.74) is 0.952. The molecule has 84 valence electrons. The minimum Gasteiger partial charge on any atom is -0.378 e. The second-order valence-corrected chi connectivity index (χ2v) is 4.64. The third-order valence-electron chi connectivity index (χ3n) is 2.32. The molecule has 0 aliphatic carbocycles. The molecule has 0 fully saturated rings. The number of rotatable bonds is 4. The van der Waals surface area contributed by atoms with Crippen LogP contribution in [0.25, 0.3) is 0 Å². The fraction of sp³-hybridized carbons (Fsp3) is 0.600. The number of methoxy groups -OCH3 is 1. The van der Waals surface area contributed by atoms with Crippen molar-refractivity contribution < 1.29 is 4.74 Å². The summed E-state index contributed by atoms with van der Waals surface area (Å²) >= 11 is 8.58. The molecular weight excluding hydrogens is 276 g/mol. The van der Waals surface area contributed by atoms with Crippen molar-refractivity contribution in [2.24, 2.45) is 0 Å². The third kappa shape index (κ3) is 3.09. The number of nitrogens with one attached hydrogen (secondary N) is 1. The molecule has 0 aliphatic rings. The van der Waals surface area contributed by atoms with Gasteiger partial charge < -0.3 is 9.72 Å². The number of ether oxygens (including phenoxy) is 1. The van der Waals surface area contributed by atoms with Gasteiger partial charge >= 0.3 is 0 Å². The quantitative estimate of drug-likeness (QED) is 0.862. The van der Waals surface area contributed by atoms with Gasteiger partial charge in [-0.25, -0.2) is 4.98 Å². The van der Waals surface area contributed by atoms with Gasteiger partial charge in [0.05, 0.1) is 16.8 Å². The van der Waals surface area contributed by atoms with Crippen molar-refractivity contribution >= 4 is 28.1 Å². The first kappa shape index (κ1) is 12.8. The molecule has 0 bridgehead atoms. The number of halogens is 1. The van der Waals surface area contributed by atoms with Crippen LogP contribution in [0.2, 0.25) is 0 Å². The highest BCUT2D eigenvalue weighted by molar-refractivity contribution is 9.10. The number of nitrogens with zero attached hydrogens (tertiary/aromatic N) is 1. The molecule has 0 amide bonds. The van der Waals surface area contributed by atoms with Gasteiger partial charge in [-0.15, -0.1) is 0 Å². The Morgan fingerprint density at radius 2 is 2.27 bits per heavy atom. The highest BCUT2D eigenvalue weighted by Gasteiger charge is 2.10. The largest absolute Gasteiger partial charge is 0.378 e. The second-order valence-electron chi connectivity index (χ2n) is 3.46. The topological polar surface area (TPSA) is 37.9 Å². The van der Waals surface area contributed by atoms with Crippen LogP contribution in [-0.2, 0) is 11.3 Å². The van der Waals surface area contributed by atoms with E-state index in [-0.39, 0.29) is 0 Å². The number of H-pyrrole nitrogens is 1. The SMILES string of the molecule is CCC(C)c1nc(=S)c(Br)c(COC)[nH]1. The van der Waals surface area contributed by atoms with Gasteiger partial charge in [-0.2, -0.15) is 0 Å². The van der Waals surface area contributed by atoms with Crippen molar-refractivity contribution in [3.8, 4) is 0 Å². The molecule has 15 heavy (non-hydrogen) atoms. The summed E-state index contributed by atoms with van der Waals surface area (Å²) in [7, 11) is 1.66. The Morgan fingerprint density at radius 3 is 2.80 bits per heavy atom. The average Bonchev–Trinajstić information content (AvgIpc) is 2.23. The molecule has 0 aromatic carbocycles. The Bertz CT molecular complexity index is 391. The van der Waals surface area contributed by atoms with Crippen molar-refractivity contribution in [2.75, 3.05) is 7.11 Å². The first-order valence-electron chi connectivity index (χ1n) is 4.87. The number of aromatic nitrogens is 2. The van der Waals surface area contributed by atoms with Crippen LogP contribution in [0.15, 0.2) is 4.47 Å². The Kier molecular flexibility index (Phi) is 4.89. The lowest BCUT2D eigenvalue weighted by molar-refractivity contribution is 0.180. The van der Waals surface area contributed by atoms with Gasteiger partial charge in [0.1, 0.15) is 10.5 Å². The molecule has 0 saturated heterocycles. The van der Waals surface area contributed by atoms with Crippen LogP contribution in [0.1, 0.15) is 37.7 Å². The molecule has 1 heterocycles. The second kappa shape index (κ2) is 5.72. The summed E-state index contributed by atoms with van der Waals surface area (Å²) in [6.45, 7) is 4.76. The maximum Gasteiger partial charge on any atom is 0.144 e. The van der Waals surface area contributed by atoms with Crippen molar-refractivity contribution in [1.29, 1.82) is 0 Å². The number of aromatic amines is 1. The predicted octanol–water partition coefficient (Wildman–Crippen LogP) is 3.56. The average molecular weight is 291 g/mol. The smallest absolute Gasteiger partial charge is 0.144 e. The fourth-order valence-corrected chi connectivity index (χ4v) is 1.72. The van der Waals surface area contributed by atoms with Crippen molar-refractivity contribution in [1.82, 2.24) is 9.97 Å². The molecule has 0 aliphatic heterocycles. The van der Waals surface area contributed by atoms with E-state index in [2.05, 4.69) is 39.7 Å². The van der Waals surface area contributed by atoms with Crippen LogP contribution in [0, 0.1) is 4.64 Å². The van der Waals surface area contributed by atoms with Gasteiger partial charge in [0.2, 0.25) is 0 Å². The molecular formula is C10H15BrN2OS. The Hall–Kier alpha value is -0.260. The highest BCUT2D eigenvalue weighted by Crippen LogP contribution is 2.21. The monoisotopic (exact) mass is 290 g/mol. The van der Waals surface area contributed by atoms with E-state index in [1.54, 1.807) is 7.11 Å². The minimum absolute atomic E-state index is 0.385. The molecule has 0 saturated carbocycles. The van der Waals surface area contributed by atoms with Gasteiger partial charge in [0.15, 0.2) is 0 Å². The maximum atomic E-state index is 5.18. The molecule has 1 N–H and O–H groups in total. The molecule has 1 unspecified atom stereocenters. The van der Waals surface area contributed by atoms with E-state index in [1.807, 2.05) is 0 Å². The molecule has 3 nitrogen and oxygen atoms in total. The minimum atomic E-state index is 0.385. The van der Waals surface area contributed by atoms with E-state index in [1.165, 1.54) is 0 Å². The maximum absolute atomic E-state index is 5.18. The summed E-state index contributed by atoms with van der Waals surface area (Å²) < 4.78 is 6.52. The Balaban J connectivity index is 3.17. The van der Waals surface area contributed by atoms with E-state index < -0.39 is 0 Å². The first-order chi connectivity index (χ1) is 7.10. The van der Waals surface area contributed by atoms with E-state index >= 15 is 0 Å². The van der Waals surface area contributed by atoms with Crippen LogP contribution in [0.5, 0.6) is 0 Å². The lowest BCUT2D eigenvalue weighted by atomic mass is 10.1. The lowest BCUT2D eigenvalue weighted by Gasteiger charge is -2.11. The van der Waals surface area contributed by atoms with E-state index in [0.717, 1.165) is 22.4 Å². The van der Waals surface area contributed by atoms with Crippen LogP contribution in [-0.4, -0.2) is 17.1 Å². The van der Waals surface area contributed by atoms with Gasteiger partial charge in [-0.3, -0.25) is 0 Å². The van der Waals surface area contributed by atoms with E-state index in [0.29, 0.717) is 17.2 Å². The van der Waals surface area contributed by atoms with Gasteiger partial charge in [0, 0.05) is 13.0 Å². The van der Waals surface area contributed by atoms with E-state index in [4.69, 9.17) is 17.0 Å². The first-order valence-corrected chi connectivity index (χ1v) is 6.07. The summed E-state index contributed by atoms with van der Waals surface area (Å²) in [5, 5.41) is 0. The zero-order valence-electron chi connectivity index (χ0n) is 9.13. The van der Waals surface area contributed by atoms with E-state index in [9.17, 15) is 0 Å². The summed E-state index contributed by atoms with van der Waals surface area (Å²) in [6, 6.07) is 0. The van der Waals surface area contributed by atoms with Crippen molar-refractivity contribution in [3.63, 3.8) is 0 Å². The van der Waals surface area contributed by atoms with Crippen LogP contribution in [0.4, 0.5) is 0 Å². The van der Waals surface area contributed by atoms with Gasteiger partial charge in [-0.05, 0) is 22.4 Å². The Morgan fingerprint density at radius 1 is 1.60 bits per heavy atom. The molecule has 1 aromatic rings. The third-order valence-corrected chi connectivity index (χ3v) is 3.73. The van der Waals surface area contributed by atoms with Crippen molar-refractivity contribution in [2.45, 2.75) is 32.8 Å². The van der Waals surface area contributed by atoms with Gasteiger partial charge in [0.25, 0.3) is 0 Å². The zero-order valence-corrected chi connectivity index (χ0v) is 11.5. The fourth-order valence-electron chi connectivity index (χ4n) is 1.20. The molecule has 0 spiro atoms. The standard InChI is InChI=1S/C10H15BrN2OS/c1-4-6(2)9-12-7(5-14-3)8(11)10(15)13-9/h6H,4-5H2,1-3H3,(H,12,13,15). The van der Waals surface area contributed by atoms with Crippen molar-refractivity contribution in [3.05, 3.63) is 20.6 Å². The molecule has 1 aromatic heterocycles. The van der Waals surface area contributed by atoms with Crippen LogP contribution in [0.3, 0.4) is 0 Å². The number of hydrogen-bond donors (Lipinski definition) is 1. The van der Waals surface area contributed by atoms with Gasteiger partial charge in [-0.1, -0.05) is 26.1 Å². The normalized spacial score (nSPS) is 12.8. The van der Waals surface area contributed by atoms with Crippen LogP contribution < -0.4 is 0 Å². The lowest BCUT2D eigenvalue weighted by Crippen LogP contribution is -2.05. The summed E-state index contributed by atoms with van der Waals surface area (Å²) in [5.74, 6) is 1.31. The van der Waals surface area contributed by atoms with Crippen LogP contribution >= 0.6 is 28.1 Å². The molecule has 1 rings (SSSR count). The predicted molar refractivity (Wildman–Crippen MR) is 66.5 cm³/mol. The Labute approximate surface area is 103 Å².